The zero-order valence-corrected chi connectivity index (χ0v) is 14.8. The highest BCUT2D eigenvalue weighted by Gasteiger charge is 2.34. The lowest BCUT2D eigenvalue weighted by Gasteiger charge is -2.31. The number of hydrogen-bond donors (Lipinski definition) is 1. The van der Waals surface area contributed by atoms with Crippen LogP contribution in [-0.2, 0) is 14.3 Å². The summed E-state index contributed by atoms with van der Waals surface area (Å²) in [6.07, 6.45) is 4.16. The predicted octanol–water partition coefficient (Wildman–Crippen LogP) is 3.00. The minimum atomic E-state index is -0.569. The molecule has 0 radical (unpaired) electrons. The quantitative estimate of drug-likeness (QED) is 0.523. The first-order valence-corrected chi connectivity index (χ1v) is 9.17. The van der Waals surface area contributed by atoms with E-state index in [1.54, 1.807) is 0 Å². The van der Waals surface area contributed by atoms with Gasteiger partial charge in [0.2, 0.25) is 0 Å². The van der Waals surface area contributed by atoms with Crippen LogP contribution in [-0.4, -0.2) is 48.4 Å². The number of thioether (sulfide) groups is 1. The molecule has 1 atom stereocenters. The third-order valence-electron chi connectivity index (χ3n) is 3.68. The molecule has 1 rings (SSSR count). The number of hydrogen-bond acceptors (Lipinski definition) is 5. The van der Waals surface area contributed by atoms with Gasteiger partial charge < -0.3 is 9.47 Å². The Morgan fingerprint density at radius 2 is 2.10 bits per heavy atom. The maximum Gasteiger partial charge on any atom is 0.326 e. The Labute approximate surface area is 133 Å². The molecular formula is C16H31NO3S. The van der Waals surface area contributed by atoms with E-state index in [1.807, 2.05) is 25.6 Å². The summed E-state index contributed by atoms with van der Waals surface area (Å²) in [6.45, 7) is 10.2. The van der Waals surface area contributed by atoms with Crippen molar-refractivity contribution in [3.8, 4) is 0 Å². The van der Waals surface area contributed by atoms with Crippen molar-refractivity contribution in [2.24, 2.45) is 0 Å². The van der Waals surface area contributed by atoms with Crippen LogP contribution in [0, 0.1) is 0 Å². The number of ether oxygens (including phenoxy) is 2. The molecular weight excluding hydrogens is 286 g/mol. The van der Waals surface area contributed by atoms with Crippen molar-refractivity contribution in [3.63, 3.8) is 0 Å². The fraction of sp³-hybridized carbons (Fsp3) is 0.938. The predicted molar refractivity (Wildman–Crippen MR) is 88.8 cm³/mol. The van der Waals surface area contributed by atoms with Crippen LogP contribution in [0.25, 0.3) is 0 Å². The Balaban J connectivity index is 2.36. The molecule has 1 aliphatic heterocycles. The van der Waals surface area contributed by atoms with Gasteiger partial charge in [0.25, 0.3) is 0 Å². The highest BCUT2D eigenvalue weighted by atomic mass is 32.2. The molecule has 1 aliphatic rings. The Hall–Kier alpha value is -0.260. The summed E-state index contributed by atoms with van der Waals surface area (Å²) in [5.41, 5.74) is -0.569. The molecule has 124 valence electrons. The summed E-state index contributed by atoms with van der Waals surface area (Å²) in [5, 5.41) is 4.10. The number of carbonyl (C=O) groups excluding carboxylic acids is 1. The summed E-state index contributed by atoms with van der Waals surface area (Å²) in [4.78, 5) is 12.2. The SMILES string of the molecule is CCOC(=O)C(C)(CCCSC1CCOCC1)NC(C)C. The molecule has 1 heterocycles. The molecule has 1 unspecified atom stereocenters. The molecule has 0 bridgehead atoms. The van der Waals surface area contributed by atoms with E-state index >= 15 is 0 Å². The highest BCUT2D eigenvalue weighted by molar-refractivity contribution is 7.99. The zero-order valence-electron chi connectivity index (χ0n) is 13.9. The fourth-order valence-electron chi connectivity index (χ4n) is 2.68. The van der Waals surface area contributed by atoms with Crippen molar-refractivity contribution in [1.29, 1.82) is 0 Å². The summed E-state index contributed by atoms with van der Waals surface area (Å²) in [7, 11) is 0. The molecule has 1 fully saturated rings. The molecule has 0 spiro atoms. The minimum absolute atomic E-state index is 0.130. The largest absolute Gasteiger partial charge is 0.465 e. The van der Waals surface area contributed by atoms with Gasteiger partial charge in [-0.05, 0) is 59.1 Å². The topological polar surface area (TPSA) is 47.6 Å². The lowest BCUT2D eigenvalue weighted by Crippen LogP contribution is -2.53. The average molecular weight is 317 g/mol. The van der Waals surface area contributed by atoms with Crippen molar-refractivity contribution in [3.05, 3.63) is 0 Å². The zero-order chi connectivity index (χ0) is 15.7. The van der Waals surface area contributed by atoms with E-state index in [4.69, 9.17) is 9.47 Å². The van der Waals surface area contributed by atoms with Gasteiger partial charge in [0.05, 0.1) is 6.61 Å². The van der Waals surface area contributed by atoms with Gasteiger partial charge in [0.15, 0.2) is 0 Å². The van der Waals surface area contributed by atoms with E-state index in [1.165, 1.54) is 0 Å². The first-order chi connectivity index (χ1) is 9.98. The van der Waals surface area contributed by atoms with E-state index in [2.05, 4.69) is 19.2 Å². The lowest BCUT2D eigenvalue weighted by atomic mass is 9.95. The number of rotatable bonds is 9. The molecule has 21 heavy (non-hydrogen) atoms. The first-order valence-electron chi connectivity index (χ1n) is 8.12. The van der Waals surface area contributed by atoms with E-state index in [9.17, 15) is 4.79 Å². The van der Waals surface area contributed by atoms with Crippen LogP contribution >= 0.6 is 11.8 Å². The van der Waals surface area contributed by atoms with E-state index in [0.29, 0.717) is 6.61 Å². The first kappa shape index (κ1) is 18.8. The minimum Gasteiger partial charge on any atom is -0.465 e. The van der Waals surface area contributed by atoms with Gasteiger partial charge in [-0.15, -0.1) is 0 Å². The molecule has 0 aromatic carbocycles. The van der Waals surface area contributed by atoms with Crippen molar-refractivity contribution in [2.45, 2.75) is 70.2 Å². The summed E-state index contributed by atoms with van der Waals surface area (Å²) in [5.74, 6) is 0.967. The molecule has 0 aromatic rings. The van der Waals surface area contributed by atoms with E-state index < -0.39 is 5.54 Å². The van der Waals surface area contributed by atoms with Crippen molar-refractivity contribution in [1.82, 2.24) is 5.32 Å². The molecule has 4 nitrogen and oxygen atoms in total. The summed E-state index contributed by atoms with van der Waals surface area (Å²) in [6, 6.07) is 0.266. The van der Waals surface area contributed by atoms with Crippen LogP contribution < -0.4 is 5.32 Å². The van der Waals surface area contributed by atoms with Gasteiger partial charge in [0, 0.05) is 24.5 Å². The number of esters is 1. The molecule has 0 saturated carbocycles. The van der Waals surface area contributed by atoms with Crippen molar-refractivity contribution >= 4 is 17.7 Å². The molecule has 1 N–H and O–H groups in total. The molecule has 1 saturated heterocycles. The maximum atomic E-state index is 12.2. The number of nitrogens with one attached hydrogen (secondary N) is 1. The second kappa shape index (κ2) is 9.70. The monoisotopic (exact) mass is 317 g/mol. The van der Waals surface area contributed by atoms with Crippen molar-refractivity contribution in [2.75, 3.05) is 25.6 Å². The van der Waals surface area contributed by atoms with Crippen LogP contribution in [0.1, 0.15) is 53.4 Å². The second-order valence-corrected chi connectivity index (χ2v) is 7.55. The van der Waals surface area contributed by atoms with Gasteiger partial charge in [-0.3, -0.25) is 10.1 Å². The molecule has 5 heteroatoms. The van der Waals surface area contributed by atoms with Crippen LogP contribution in [0.15, 0.2) is 0 Å². The summed E-state index contributed by atoms with van der Waals surface area (Å²) >= 11 is 2.02. The van der Waals surface area contributed by atoms with E-state index in [0.717, 1.165) is 49.9 Å². The Morgan fingerprint density at radius 3 is 2.67 bits per heavy atom. The average Bonchev–Trinajstić information content (AvgIpc) is 2.44. The summed E-state index contributed by atoms with van der Waals surface area (Å²) < 4.78 is 10.6. The van der Waals surface area contributed by atoms with Crippen LogP contribution in [0.2, 0.25) is 0 Å². The second-order valence-electron chi connectivity index (χ2n) is 6.14. The third-order valence-corrected chi connectivity index (χ3v) is 5.14. The van der Waals surface area contributed by atoms with Gasteiger partial charge in [-0.2, -0.15) is 11.8 Å². The van der Waals surface area contributed by atoms with Gasteiger partial charge in [0.1, 0.15) is 5.54 Å². The molecule has 0 amide bonds. The highest BCUT2D eigenvalue weighted by Crippen LogP contribution is 2.25. The third kappa shape index (κ3) is 7.02. The lowest BCUT2D eigenvalue weighted by molar-refractivity contribution is -0.151. The van der Waals surface area contributed by atoms with E-state index in [-0.39, 0.29) is 12.0 Å². The molecule has 0 aliphatic carbocycles. The standard InChI is InChI=1S/C16H31NO3S/c1-5-20-15(18)16(4,17-13(2)3)9-6-12-21-14-7-10-19-11-8-14/h13-14,17H,5-12H2,1-4H3. The van der Waals surface area contributed by atoms with Crippen LogP contribution in [0.5, 0.6) is 0 Å². The number of carbonyl (C=O) groups is 1. The fourth-order valence-corrected chi connectivity index (χ4v) is 3.85. The normalized spacial score (nSPS) is 19.5. The maximum absolute atomic E-state index is 12.2. The molecule has 0 aromatic heterocycles. The van der Waals surface area contributed by atoms with Gasteiger partial charge >= 0.3 is 5.97 Å². The van der Waals surface area contributed by atoms with Crippen molar-refractivity contribution < 1.29 is 14.3 Å². The Morgan fingerprint density at radius 1 is 1.43 bits per heavy atom. The van der Waals surface area contributed by atoms with Crippen LogP contribution in [0.4, 0.5) is 0 Å². The Bertz CT molecular complexity index is 306. The van der Waals surface area contributed by atoms with Crippen LogP contribution in [0.3, 0.4) is 0 Å². The smallest absolute Gasteiger partial charge is 0.326 e. The van der Waals surface area contributed by atoms with Gasteiger partial charge in [-0.1, -0.05) is 0 Å². The Kier molecular flexibility index (Phi) is 8.67. The van der Waals surface area contributed by atoms with Gasteiger partial charge in [-0.25, -0.2) is 0 Å².